The first kappa shape index (κ1) is 26.6. The average Bonchev–Trinajstić information content (AvgIpc) is 3.37. The van der Waals surface area contributed by atoms with Gasteiger partial charge in [-0.15, -0.1) is 11.3 Å². The van der Waals surface area contributed by atoms with Gasteiger partial charge in [0.25, 0.3) is 0 Å². The van der Waals surface area contributed by atoms with Gasteiger partial charge in [0.05, 0.1) is 17.4 Å². The van der Waals surface area contributed by atoms with Crippen molar-refractivity contribution >= 4 is 17.3 Å². The van der Waals surface area contributed by atoms with Crippen LogP contribution < -0.4 is 69.3 Å². The number of hydrogen-bond donors (Lipinski definition) is 0. The van der Waals surface area contributed by atoms with Crippen molar-refractivity contribution in [3.8, 4) is 33.5 Å². The topological polar surface area (TPSA) is 93.9 Å². The van der Waals surface area contributed by atoms with E-state index in [2.05, 4.69) is 10.1 Å². The molecule has 0 spiro atoms. The Balaban J connectivity index is 0.00000109. The van der Waals surface area contributed by atoms with E-state index in [0.717, 1.165) is 11.1 Å². The largest absolute Gasteiger partial charge is 1.00 e. The molecular formula is C21H17N3Na2O3S. The first-order chi connectivity index (χ1) is 13.6. The third-order valence-electron chi connectivity index (χ3n) is 3.84. The van der Waals surface area contributed by atoms with Crippen LogP contribution in [0.3, 0.4) is 0 Å². The number of carboxylic acid groups (broad SMARTS) is 1. The number of nitrogens with zero attached hydrogens (tertiary/aromatic N) is 3. The monoisotopic (exact) mass is 437 g/mol. The quantitative estimate of drug-likeness (QED) is 0.320. The Morgan fingerprint density at radius 3 is 2.13 bits per heavy atom. The Bertz CT molecular complexity index is 1080. The zero-order chi connectivity index (χ0) is 20.1. The maximum absolute atomic E-state index is 12.3. The van der Waals surface area contributed by atoms with Crippen LogP contribution in [0.1, 0.15) is 24.2 Å². The van der Waals surface area contributed by atoms with Crippen LogP contribution in [0.5, 0.6) is 5.88 Å². The number of hydrogen-bond acceptors (Lipinski definition) is 6. The standard InChI is InChI=1S/C19H13N3O3S.C2H6.2Na/c23-17-10-15(12-4-2-1-3-5-12)21-22(17)19-20-16(11-26-19)13-6-8-14(9-7-13)18(24)25;1-2;;/h1-11,23H,(H,24,25);1-2H3;;/q;;2*+1/p-2. The van der Waals surface area contributed by atoms with Crippen molar-refractivity contribution in [1.82, 2.24) is 14.8 Å². The molecule has 0 unspecified atom stereocenters. The molecule has 0 saturated carbocycles. The summed E-state index contributed by atoms with van der Waals surface area (Å²) in [4.78, 5) is 15.3. The summed E-state index contributed by atoms with van der Waals surface area (Å²) in [6.45, 7) is 4.00. The van der Waals surface area contributed by atoms with Gasteiger partial charge < -0.3 is 15.0 Å². The van der Waals surface area contributed by atoms with Gasteiger partial charge in [0.1, 0.15) is 0 Å². The summed E-state index contributed by atoms with van der Waals surface area (Å²) in [6.07, 6.45) is 0. The van der Waals surface area contributed by atoms with Crippen LogP contribution in [-0.4, -0.2) is 20.7 Å². The van der Waals surface area contributed by atoms with Gasteiger partial charge in [0.2, 0.25) is 5.13 Å². The van der Waals surface area contributed by atoms with Crippen LogP contribution in [0.2, 0.25) is 0 Å². The average molecular weight is 437 g/mol. The van der Waals surface area contributed by atoms with Crippen molar-refractivity contribution in [3.63, 3.8) is 0 Å². The Labute approximate surface area is 223 Å². The van der Waals surface area contributed by atoms with Gasteiger partial charge in [-0.1, -0.05) is 68.4 Å². The van der Waals surface area contributed by atoms with Crippen molar-refractivity contribution in [2.24, 2.45) is 0 Å². The first-order valence-corrected chi connectivity index (χ1v) is 9.60. The minimum Gasteiger partial charge on any atom is -0.858 e. The summed E-state index contributed by atoms with van der Waals surface area (Å²) in [6, 6.07) is 17.2. The minimum absolute atomic E-state index is 0. The predicted octanol–water partition coefficient (Wildman–Crippen LogP) is -2.87. The zero-order valence-corrected chi connectivity index (χ0v) is 22.1. The molecule has 0 N–H and O–H groups in total. The summed E-state index contributed by atoms with van der Waals surface area (Å²) in [5.74, 6) is -1.48. The fraction of sp³-hybridized carbons (Fsp3) is 0.0952. The molecule has 0 atom stereocenters. The van der Waals surface area contributed by atoms with Crippen LogP contribution in [-0.2, 0) is 0 Å². The summed E-state index contributed by atoms with van der Waals surface area (Å²) in [5, 5.41) is 29.7. The molecule has 30 heavy (non-hydrogen) atoms. The van der Waals surface area contributed by atoms with E-state index in [-0.39, 0.29) is 70.6 Å². The van der Waals surface area contributed by atoms with Gasteiger partial charge >= 0.3 is 59.1 Å². The molecule has 142 valence electrons. The number of rotatable bonds is 4. The number of benzene rings is 2. The normalized spacial score (nSPS) is 9.53. The van der Waals surface area contributed by atoms with E-state index in [0.29, 0.717) is 16.5 Å². The summed E-state index contributed by atoms with van der Waals surface area (Å²) in [5.41, 5.74) is 2.95. The van der Waals surface area contributed by atoms with Gasteiger partial charge in [-0.2, -0.15) is 5.10 Å². The molecule has 0 fully saturated rings. The first-order valence-electron chi connectivity index (χ1n) is 8.72. The van der Waals surface area contributed by atoms with Crippen LogP contribution >= 0.6 is 11.3 Å². The van der Waals surface area contributed by atoms with Gasteiger partial charge in [0.15, 0.2) is 0 Å². The molecule has 4 aromatic rings. The number of carboxylic acids is 1. The SMILES string of the molecule is CC.O=C([O-])c1ccc(-c2csc(-n3nc(-c4ccccc4)cc3[O-])n2)cc1.[Na+].[Na+]. The smallest absolute Gasteiger partial charge is 0.858 e. The molecule has 0 aliphatic carbocycles. The molecule has 0 radical (unpaired) electrons. The van der Waals surface area contributed by atoms with E-state index in [4.69, 9.17) is 0 Å². The minimum atomic E-state index is -1.23. The second-order valence-electron chi connectivity index (χ2n) is 5.53. The molecule has 4 rings (SSSR count). The van der Waals surface area contributed by atoms with Gasteiger partial charge in [-0.05, 0) is 17.5 Å². The van der Waals surface area contributed by atoms with Crippen LogP contribution in [0.4, 0.5) is 0 Å². The second-order valence-corrected chi connectivity index (χ2v) is 6.36. The van der Waals surface area contributed by atoms with Crippen molar-refractivity contribution < 1.29 is 74.1 Å². The van der Waals surface area contributed by atoms with Crippen molar-refractivity contribution in [1.29, 1.82) is 0 Å². The maximum Gasteiger partial charge on any atom is 1.00 e. The number of aromatic carboxylic acids is 1. The summed E-state index contributed by atoms with van der Waals surface area (Å²) < 4.78 is 1.27. The molecule has 2 aromatic carbocycles. The van der Waals surface area contributed by atoms with Crippen molar-refractivity contribution in [2.75, 3.05) is 0 Å². The molecule has 0 aliphatic rings. The molecule has 2 aromatic heterocycles. The molecule has 0 saturated heterocycles. The second kappa shape index (κ2) is 12.4. The van der Waals surface area contributed by atoms with E-state index in [1.165, 1.54) is 34.2 Å². The third kappa shape index (κ3) is 6.04. The third-order valence-corrected chi connectivity index (χ3v) is 4.65. The maximum atomic E-state index is 12.3. The van der Waals surface area contributed by atoms with Gasteiger partial charge in [-0.3, -0.25) is 0 Å². The predicted molar refractivity (Wildman–Crippen MR) is 105 cm³/mol. The summed E-state index contributed by atoms with van der Waals surface area (Å²) in [7, 11) is 0. The zero-order valence-electron chi connectivity index (χ0n) is 17.3. The van der Waals surface area contributed by atoms with E-state index >= 15 is 0 Å². The Hall–Kier alpha value is -1.45. The van der Waals surface area contributed by atoms with E-state index in [1.807, 2.05) is 44.2 Å². The van der Waals surface area contributed by atoms with Crippen LogP contribution in [0.15, 0.2) is 66.0 Å². The number of thiazole rings is 1. The van der Waals surface area contributed by atoms with Gasteiger partial charge in [-0.25, -0.2) is 9.67 Å². The van der Waals surface area contributed by atoms with Crippen LogP contribution in [0.25, 0.3) is 27.6 Å². The van der Waals surface area contributed by atoms with Crippen LogP contribution in [0, 0.1) is 0 Å². The molecule has 9 heteroatoms. The Morgan fingerprint density at radius 1 is 0.933 bits per heavy atom. The molecule has 2 heterocycles. The fourth-order valence-electron chi connectivity index (χ4n) is 2.52. The fourth-order valence-corrected chi connectivity index (χ4v) is 3.31. The number of aromatic nitrogens is 3. The molecule has 0 bridgehead atoms. The van der Waals surface area contributed by atoms with Crippen molar-refractivity contribution in [3.05, 3.63) is 71.6 Å². The molecule has 6 nitrogen and oxygen atoms in total. The van der Waals surface area contributed by atoms with E-state index in [1.54, 1.807) is 17.5 Å². The molecule has 0 amide bonds. The Kier molecular flexibility index (Phi) is 11.0. The summed E-state index contributed by atoms with van der Waals surface area (Å²) >= 11 is 1.29. The van der Waals surface area contributed by atoms with E-state index in [9.17, 15) is 15.0 Å². The Morgan fingerprint density at radius 2 is 1.53 bits per heavy atom. The number of carbonyl (C=O) groups is 1. The van der Waals surface area contributed by atoms with Gasteiger partial charge in [0, 0.05) is 16.5 Å². The van der Waals surface area contributed by atoms with E-state index < -0.39 is 5.97 Å². The molecular weight excluding hydrogens is 420 g/mol. The molecule has 0 aliphatic heterocycles. The number of carbonyl (C=O) groups excluding carboxylic acids is 1. The van der Waals surface area contributed by atoms with Crippen molar-refractivity contribution in [2.45, 2.75) is 13.8 Å².